The molecule has 0 aliphatic rings. The van der Waals surface area contributed by atoms with E-state index >= 15 is 0 Å². The fourth-order valence-electron chi connectivity index (χ4n) is 0.351. The van der Waals surface area contributed by atoms with Crippen molar-refractivity contribution in [2.24, 2.45) is 0 Å². The smallest absolute Gasteiger partial charge is 0.180 e. The summed E-state index contributed by atoms with van der Waals surface area (Å²) in [6, 6.07) is 0. The van der Waals surface area contributed by atoms with Gasteiger partial charge >= 0.3 is 0 Å². The molecule has 5 heteroatoms. The van der Waals surface area contributed by atoms with Crippen LogP contribution in [-0.2, 0) is 0 Å². The summed E-state index contributed by atoms with van der Waals surface area (Å²) in [5, 5.41) is 0. The summed E-state index contributed by atoms with van der Waals surface area (Å²) in [7, 11) is 0. The number of aromatic nitrogens is 2. The average molecular weight is 161 g/mol. The predicted molar refractivity (Wildman–Crippen MR) is 38.8 cm³/mol. The van der Waals surface area contributed by atoms with Gasteiger partial charge in [0, 0.05) is 29.6 Å². The van der Waals surface area contributed by atoms with E-state index in [1.807, 2.05) is 0 Å². The van der Waals surface area contributed by atoms with Gasteiger partial charge in [0.15, 0.2) is 12.8 Å². The summed E-state index contributed by atoms with van der Waals surface area (Å²) in [6.45, 7) is 0. The summed E-state index contributed by atoms with van der Waals surface area (Å²) < 4.78 is 8.94. The maximum absolute atomic E-state index is 4.47. The Morgan fingerprint density at radius 1 is 0.818 bits per heavy atom. The number of nitrogens with zero attached hydrogens (tertiary/aromatic N) is 2. The van der Waals surface area contributed by atoms with E-state index in [4.69, 9.17) is 0 Å². The minimum atomic E-state index is 0. The maximum Gasteiger partial charge on any atom is 0.180 e. The SMILES string of the molecule is [Na].c1cocn1.c1cocn1. The Morgan fingerprint density at radius 2 is 1.27 bits per heavy atom. The van der Waals surface area contributed by atoms with Crippen molar-refractivity contribution in [2.45, 2.75) is 0 Å². The molecule has 0 aromatic carbocycles. The van der Waals surface area contributed by atoms with Gasteiger partial charge in [-0.05, 0) is 0 Å². The second-order valence-corrected chi connectivity index (χ2v) is 1.35. The van der Waals surface area contributed by atoms with Crippen LogP contribution in [0.3, 0.4) is 0 Å². The number of rotatable bonds is 0. The van der Waals surface area contributed by atoms with E-state index in [0.717, 1.165) is 0 Å². The maximum atomic E-state index is 4.47. The molecule has 2 heterocycles. The van der Waals surface area contributed by atoms with Crippen LogP contribution in [0.5, 0.6) is 0 Å². The van der Waals surface area contributed by atoms with Gasteiger partial charge in [-0.25, -0.2) is 9.97 Å². The van der Waals surface area contributed by atoms with Gasteiger partial charge in [0.2, 0.25) is 0 Å². The Balaban J connectivity index is 0.000000167. The Labute approximate surface area is 85.9 Å². The first-order valence-corrected chi connectivity index (χ1v) is 2.64. The van der Waals surface area contributed by atoms with Gasteiger partial charge in [0.1, 0.15) is 12.5 Å². The molecule has 0 N–H and O–H groups in total. The molecule has 0 bridgehead atoms. The summed E-state index contributed by atoms with van der Waals surface area (Å²) >= 11 is 0. The van der Waals surface area contributed by atoms with Crippen molar-refractivity contribution in [2.75, 3.05) is 0 Å². The van der Waals surface area contributed by atoms with Crippen molar-refractivity contribution < 1.29 is 8.83 Å². The van der Waals surface area contributed by atoms with E-state index in [2.05, 4.69) is 18.8 Å². The molecule has 4 nitrogen and oxygen atoms in total. The molecule has 0 amide bonds. The summed E-state index contributed by atoms with van der Waals surface area (Å²) in [4.78, 5) is 7.11. The predicted octanol–water partition coefficient (Wildman–Crippen LogP) is 0.968. The zero-order valence-corrected chi connectivity index (χ0v) is 8.18. The van der Waals surface area contributed by atoms with E-state index in [-0.39, 0.29) is 29.6 Å². The van der Waals surface area contributed by atoms with Crippen LogP contribution in [0.4, 0.5) is 0 Å². The molecule has 0 aliphatic heterocycles. The number of hydrogen-bond donors (Lipinski definition) is 0. The molecule has 0 saturated carbocycles. The number of hydrogen-bond acceptors (Lipinski definition) is 4. The van der Waals surface area contributed by atoms with Crippen LogP contribution in [-0.4, -0.2) is 39.5 Å². The van der Waals surface area contributed by atoms with Gasteiger partial charge in [0.05, 0.1) is 12.4 Å². The standard InChI is InChI=1S/2C3H3NO.Na/c2*1-2-5-3-4-1;/h2*1-3H;. The van der Waals surface area contributed by atoms with Crippen LogP contribution in [0.15, 0.2) is 46.5 Å². The van der Waals surface area contributed by atoms with Crippen molar-refractivity contribution in [3.05, 3.63) is 37.7 Å². The molecule has 1 radical (unpaired) electrons. The van der Waals surface area contributed by atoms with Crippen molar-refractivity contribution in [1.29, 1.82) is 0 Å². The van der Waals surface area contributed by atoms with Gasteiger partial charge in [-0.3, -0.25) is 0 Å². The molecule has 11 heavy (non-hydrogen) atoms. The second kappa shape index (κ2) is 7.53. The summed E-state index contributed by atoms with van der Waals surface area (Å²) in [5.74, 6) is 0. The Bertz CT molecular complexity index is 158. The normalized spacial score (nSPS) is 7.27. The minimum absolute atomic E-state index is 0. The van der Waals surface area contributed by atoms with Crippen molar-refractivity contribution in [3.63, 3.8) is 0 Å². The van der Waals surface area contributed by atoms with E-state index in [0.29, 0.717) is 0 Å². The van der Waals surface area contributed by atoms with Gasteiger partial charge < -0.3 is 8.83 Å². The molecule has 2 rings (SSSR count). The fourth-order valence-corrected chi connectivity index (χ4v) is 0.351. The summed E-state index contributed by atoms with van der Waals surface area (Å²) in [5.41, 5.74) is 0. The monoisotopic (exact) mass is 161 g/mol. The van der Waals surface area contributed by atoms with Crippen LogP contribution in [0.2, 0.25) is 0 Å². The minimum Gasteiger partial charge on any atom is -0.452 e. The van der Waals surface area contributed by atoms with Gasteiger partial charge in [0.25, 0.3) is 0 Å². The Hall–Kier alpha value is -0.580. The van der Waals surface area contributed by atoms with Gasteiger partial charge in [-0.1, -0.05) is 0 Å². The first-order valence-electron chi connectivity index (χ1n) is 2.64. The quantitative estimate of drug-likeness (QED) is 0.540. The molecule has 0 unspecified atom stereocenters. The third-order valence-electron chi connectivity index (χ3n) is 0.694. The molecule has 2 aromatic rings. The third-order valence-corrected chi connectivity index (χ3v) is 0.694. The first kappa shape index (κ1) is 10.4. The molecular weight excluding hydrogens is 155 g/mol. The van der Waals surface area contributed by atoms with Gasteiger partial charge in [-0.15, -0.1) is 0 Å². The second-order valence-electron chi connectivity index (χ2n) is 1.35. The van der Waals surface area contributed by atoms with E-state index in [9.17, 15) is 0 Å². The largest absolute Gasteiger partial charge is 0.452 e. The molecule has 2 aromatic heterocycles. The Morgan fingerprint density at radius 3 is 1.36 bits per heavy atom. The van der Waals surface area contributed by atoms with E-state index < -0.39 is 0 Å². The van der Waals surface area contributed by atoms with E-state index in [1.165, 1.54) is 25.3 Å². The van der Waals surface area contributed by atoms with Crippen molar-refractivity contribution >= 4 is 29.6 Å². The zero-order chi connectivity index (χ0) is 7.07. The average Bonchev–Trinajstić information content (AvgIpc) is 2.67. The van der Waals surface area contributed by atoms with Crippen LogP contribution >= 0.6 is 0 Å². The first-order chi connectivity index (χ1) is 5.00. The fraction of sp³-hybridized carbons (Fsp3) is 0. The molecule has 53 valence electrons. The summed E-state index contributed by atoms with van der Waals surface area (Å²) in [6.07, 6.45) is 8.94. The molecule has 0 spiro atoms. The van der Waals surface area contributed by atoms with E-state index in [1.54, 1.807) is 12.4 Å². The van der Waals surface area contributed by atoms with Crippen LogP contribution in [0.25, 0.3) is 0 Å². The van der Waals surface area contributed by atoms with Crippen LogP contribution < -0.4 is 0 Å². The van der Waals surface area contributed by atoms with Crippen molar-refractivity contribution in [3.8, 4) is 0 Å². The van der Waals surface area contributed by atoms with Gasteiger partial charge in [-0.2, -0.15) is 0 Å². The molecule has 0 saturated heterocycles. The third kappa shape index (κ3) is 5.84. The molecule has 0 atom stereocenters. The molecule has 0 fully saturated rings. The topological polar surface area (TPSA) is 52.1 Å². The molecular formula is C6H6N2NaO2. The Kier molecular flexibility index (Phi) is 7.13. The number of oxazole rings is 2. The zero-order valence-electron chi connectivity index (χ0n) is 6.18. The van der Waals surface area contributed by atoms with Crippen LogP contribution in [0, 0.1) is 0 Å². The molecule has 0 aliphatic carbocycles. The van der Waals surface area contributed by atoms with Crippen LogP contribution in [0.1, 0.15) is 0 Å². The van der Waals surface area contributed by atoms with Crippen molar-refractivity contribution in [1.82, 2.24) is 9.97 Å².